The number of hydrogen-bond donors (Lipinski definition) is 4. The normalized spacial score (nSPS) is 24.5. The molecule has 5 rings (SSSR count). The Kier molecular flexibility index (Phi) is 7.68. The molecule has 8 nitrogen and oxygen atoms in total. The van der Waals surface area contributed by atoms with E-state index in [4.69, 9.17) is 17.3 Å². The number of nitrogens with two attached hydrogens (primary N) is 1. The number of fused-ring (bicyclic) bond motifs is 1. The van der Waals surface area contributed by atoms with Crippen molar-refractivity contribution >= 4 is 28.9 Å². The van der Waals surface area contributed by atoms with Crippen molar-refractivity contribution < 1.29 is 22.7 Å². The van der Waals surface area contributed by atoms with Crippen LogP contribution in [-0.2, 0) is 0 Å². The minimum Gasteiger partial charge on any atom is -0.395 e. The molecule has 220 valence electrons. The van der Waals surface area contributed by atoms with E-state index in [0.29, 0.717) is 24.6 Å². The van der Waals surface area contributed by atoms with Gasteiger partial charge in [0.05, 0.1) is 27.9 Å². The average molecular weight is 594 g/mol. The van der Waals surface area contributed by atoms with E-state index in [1.165, 1.54) is 4.90 Å². The number of allylic oxidation sites excluding steroid dienone is 2. The second-order valence-corrected chi connectivity index (χ2v) is 11.4. The van der Waals surface area contributed by atoms with Gasteiger partial charge in [-0.25, -0.2) is 27.5 Å². The van der Waals surface area contributed by atoms with Crippen LogP contribution < -0.4 is 21.3 Å². The molecule has 2 aromatic rings. The van der Waals surface area contributed by atoms with Gasteiger partial charge in [0.15, 0.2) is 23.3 Å². The zero-order valence-corrected chi connectivity index (χ0v) is 24.0. The van der Waals surface area contributed by atoms with Crippen LogP contribution in [-0.4, -0.2) is 58.4 Å². The lowest BCUT2D eigenvalue weighted by Crippen LogP contribution is -2.57. The first-order valence-corrected chi connectivity index (χ1v) is 13.7. The molecule has 0 spiro atoms. The van der Waals surface area contributed by atoms with Crippen LogP contribution in [0.15, 0.2) is 34.6 Å². The summed E-state index contributed by atoms with van der Waals surface area (Å²) in [6.45, 7) is 10.8. The van der Waals surface area contributed by atoms with Crippen molar-refractivity contribution in [3.63, 3.8) is 0 Å². The summed E-state index contributed by atoms with van der Waals surface area (Å²) in [4.78, 5) is 12.4. The molecule has 2 unspecified atom stereocenters. The van der Waals surface area contributed by atoms with E-state index >= 15 is 8.78 Å². The quantitative estimate of drug-likeness (QED) is 0.180. The van der Waals surface area contributed by atoms with Gasteiger partial charge in [0.2, 0.25) is 6.35 Å². The Morgan fingerprint density at radius 1 is 1.10 bits per heavy atom. The fourth-order valence-electron chi connectivity index (χ4n) is 5.73. The summed E-state index contributed by atoms with van der Waals surface area (Å²) in [6, 6.07) is 0.941. The molecule has 0 saturated carbocycles. The summed E-state index contributed by atoms with van der Waals surface area (Å²) in [5.74, 6) is -5.97. The highest BCUT2D eigenvalue weighted by atomic mass is 35.5. The zero-order valence-electron chi connectivity index (χ0n) is 23.2. The molecule has 1 aromatic heterocycles. The minimum atomic E-state index is -1.90. The highest BCUT2D eigenvalue weighted by Crippen LogP contribution is 2.42. The van der Waals surface area contributed by atoms with E-state index in [2.05, 4.69) is 20.6 Å². The molecule has 0 amide bonds. The number of rotatable bonds is 3. The topological polar surface area (TPSA) is 102 Å². The van der Waals surface area contributed by atoms with Crippen molar-refractivity contribution in [2.75, 3.05) is 23.7 Å². The first-order valence-electron chi connectivity index (χ1n) is 13.3. The second kappa shape index (κ2) is 10.8. The van der Waals surface area contributed by atoms with Crippen LogP contribution in [0.3, 0.4) is 0 Å². The van der Waals surface area contributed by atoms with Crippen molar-refractivity contribution in [2.24, 2.45) is 10.9 Å². The molecule has 4 atom stereocenters. The van der Waals surface area contributed by atoms with Crippen molar-refractivity contribution in [1.29, 1.82) is 0 Å². The van der Waals surface area contributed by atoms with Gasteiger partial charge in [0.1, 0.15) is 17.3 Å². The van der Waals surface area contributed by atoms with Crippen LogP contribution in [0.1, 0.15) is 40.2 Å². The Hall–Kier alpha value is -3.35. The predicted molar refractivity (Wildman–Crippen MR) is 151 cm³/mol. The number of pyridine rings is 1. The third-order valence-corrected chi connectivity index (χ3v) is 7.91. The number of anilines is 2. The van der Waals surface area contributed by atoms with Crippen molar-refractivity contribution in [3.8, 4) is 11.3 Å². The zero-order chi connectivity index (χ0) is 29.9. The number of aliphatic hydroxyl groups is 1. The SMILES string of the molecule is CC1=C(N2c3nc(-c4c(F)c(F)c(F)c(N)c4Cl)c(F)cc3C(N3C[C@@H](C)N[C@@H](C)C3)=NC2O)C(C(C)C)NC=C1. The van der Waals surface area contributed by atoms with Crippen LogP contribution in [0.2, 0.25) is 5.02 Å². The molecule has 1 aromatic carbocycles. The number of dihydropyridines is 1. The lowest BCUT2D eigenvalue weighted by Gasteiger charge is -2.44. The van der Waals surface area contributed by atoms with E-state index < -0.39 is 51.6 Å². The van der Waals surface area contributed by atoms with Crippen LogP contribution in [0.25, 0.3) is 11.3 Å². The average Bonchev–Trinajstić information content (AvgIpc) is 2.91. The number of amidine groups is 1. The number of hydrogen-bond acceptors (Lipinski definition) is 8. The van der Waals surface area contributed by atoms with E-state index in [9.17, 15) is 13.9 Å². The number of nitrogen functional groups attached to an aromatic ring is 1. The molecule has 1 fully saturated rings. The fourth-order valence-corrected chi connectivity index (χ4v) is 5.99. The highest BCUT2D eigenvalue weighted by Gasteiger charge is 2.40. The van der Waals surface area contributed by atoms with E-state index in [1.54, 1.807) is 6.20 Å². The molecule has 3 aliphatic rings. The maximum absolute atomic E-state index is 15.9. The Balaban J connectivity index is 1.78. The first-order chi connectivity index (χ1) is 19.3. The summed E-state index contributed by atoms with van der Waals surface area (Å²) in [7, 11) is 0. The summed E-state index contributed by atoms with van der Waals surface area (Å²) in [6.07, 6.45) is 2.12. The highest BCUT2D eigenvalue weighted by molar-refractivity contribution is 6.35. The molecule has 0 bridgehead atoms. The van der Waals surface area contributed by atoms with Gasteiger partial charge in [-0.05, 0) is 50.6 Å². The first kappa shape index (κ1) is 29.2. The predicted octanol–water partition coefficient (Wildman–Crippen LogP) is 4.48. The van der Waals surface area contributed by atoms with Crippen LogP contribution in [0, 0.1) is 29.2 Å². The second-order valence-electron chi connectivity index (χ2n) is 11.1. The fraction of sp³-hybridized carbons (Fsp3) is 0.429. The van der Waals surface area contributed by atoms with E-state index in [1.807, 2.05) is 45.6 Å². The third kappa shape index (κ3) is 4.91. The van der Waals surface area contributed by atoms with Crippen LogP contribution in [0.5, 0.6) is 0 Å². The van der Waals surface area contributed by atoms with Crippen molar-refractivity contribution in [2.45, 2.75) is 59.1 Å². The molecule has 41 heavy (non-hydrogen) atoms. The minimum absolute atomic E-state index is 0.0404. The largest absolute Gasteiger partial charge is 0.395 e. The van der Waals surface area contributed by atoms with Gasteiger partial charge in [-0.3, -0.25) is 4.90 Å². The van der Waals surface area contributed by atoms with Gasteiger partial charge in [0, 0.05) is 30.9 Å². The number of aromatic nitrogens is 1. The molecule has 3 aliphatic heterocycles. The van der Waals surface area contributed by atoms with Crippen molar-refractivity contribution in [3.05, 3.63) is 63.5 Å². The van der Waals surface area contributed by atoms with E-state index in [0.717, 1.165) is 11.6 Å². The maximum Gasteiger partial charge on any atom is 0.232 e. The Bertz CT molecular complexity index is 1460. The molecular weight excluding hydrogens is 562 g/mol. The van der Waals surface area contributed by atoms with Gasteiger partial charge in [0.25, 0.3) is 0 Å². The van der Waals surface area contributed by atoms with Gasteiger partial charge >= 0.3 is 0 Å². The monoisotopic (exact) mass is 593 g/mol. The number of halogens is 5. The number of nitrogens with zero attached hydrogens (tertiary/aromatic N) is 4. The van der Waals surface area contributed by atoms with Gasteiger partial charge in [-0.1, -0.05) is 25.4 Å². The summed E-state index contributed by atoms with van der Waals surface area (Å²) < 4.78 is 59.6. The number of aliphatic imine (C=N–C) groups is 1. The summed E-state index contributed by atoms with van der Waals surface area (Å²) in [5.41, 5.74) is 4.85. The standard InChI is InChI=1S/C28H32ClF4N7O/c1-11(2)23-25(12(3)6-7-35-23)40-27-15(26(38-28(40)41)39-9-13(4)36-14(5)10-39)8-16(30)24(37-27)17-18(29)22(34)21(33)20(32)19(17)31/h6-8,11,13-14,23,28,35-36,41H,9-10,34H2,1-5H3/t13-,14+,23?,28?. The third-order valence-electron chi connectivity index (χ3n) is 7.52. The van der Waals surface area contributed by atoms with Crippen LogP contribution >= 0.6 is 11.6 Å². The van der Waals surface area contributed by atoms with Crippen LogP contribution in [0.4, 0.5) is 29.1 Å². The molecule has 5 N–H and O–H groups in total. The number of nitrogens with one attached hydrogen (secondary N) is 2. The lowest BCUT2D eigenvalue weighted by molar-refractivity contribution is 0.173. The van der Waals surface area contributed by atoms with Crippen molar-refractivity contribution in [1.82, 2.24) is 20.5 Å². The molecule has 4 heterocycles. The number of benzene rings is 1. The Labute approximate surface area is 240 Å². The Morgan fingerprint density at radius 2 is 1.76 bits per heavy atom. The van der Waals surface area contributed by atoms with E-state index in [-0.39, 0.29) is 35.4 Å². The molecular formula is C28H32ClF4N7O. The number of piperazine rings is 1. The van der Waals surface area contributed by atoms with Gasteiger partial charge < -0.3 is 26.4 Å². The lowest BCUT2D eigenvalue weighted by atomic mass is 9.93. The van der Waals surface area contributed by atoms with Gasteiger partial charge in [-0.2, -0.15) is 0 Å². The number of aliphatic hydroxyl groups excluding tert-OH is 1. The summed E-state index contributed by atoms with van der Waals surface area (Å²) in [5, 5.41) is 17.5. The summed E-state index contributed by atoms with van der Waals surface area (Å²) >= 11 is 6.14. The Morgan fingerprint density at radius 3 is 2.39 bits per heavy atom. The van der Waals surface area contributed by atoms with Gasteiger partial charge in [-0.15, -0.1) is 0 Å². The maximum atomic E-state index is 15.9. The molecule has 0 radical (unpaired) electrons. The molecule has 0 aliphatic carbocycles. The molecule has 13 heteroatoms. The molecule has 1 saturated heterocycles. The smallest absolute Gasteiger partial charge is 0.232 e.